The van der Waals surface area contributed by atoms with Gasteiger partial charge in [-0.3, -0.25) is 4.79 Å². The third kappa shape index (κ3) is 5.61. The molecular formula is C14H22N4OS. The van der Waals surface area contributed by atoms with E-state index in [-0.39, 0.29) is 12.5 Å². The Hall–Kier alpha value is -1.56. The molecule has 20 heavy (non-hydrogen) atoms. The van der Waals surface area contributed by atoms with Gasteiger partial charge in [-0.05, 0) is 37.6 Å². The lowest BCUT2D eigenvalue weighted by Crippen LogP contribution is -2.39. The van der Waals surface area contributed by atoms with E-state index in [0.717, 1.165) is 32.4 Å². The Morgan fingerprint density at radius 1 is 1.45 bits per heavy atom. The highest BCUT2D eigenvalue weighted by Gasteiger charge is 2.22. The van der Waals surface area contributed by atoms with E-state index < -0.39 is 0 Å². The highest BCUT2D eigenvalue weighted by atomic mass is 32.1. The van der Waals surface area contributed by atoms with Crippen molar-refractivity contribution in [3.05, 3.63) is 22.4 Å². The lowest BCUT2D eigenvalue weighted by atomic mass is 10.3. The normalized spacial score (nSPS) is 14.9. The van der Waals surface area contributed by atoms with E-state index in [1.54, 1.807) is 11.3 Å². The maximum Gasteiger partial charge on any atom is 0.242 e. The Balaban J connectivity index is 1.71. The van der Waals surface area contributed by atoms with Crippen molar-refractivity contribution >= 4 is 23.2 Å². The summed E-state index contributed by atoms with van der Waals surface area (Å²) < 4.78 is 0. The van der Waals surface area contributed by atoms with E-state index in [4.69, 9.17) is 0 Å². The zero-order valence-corrected chi connectivity index (χ0v) is 12.6. The van der Waals surface area contributed by atoms with Crippen molar-refractivity contribution in [1.29, 1.82) is 0 Å². The molecule has 0 spiro atoms. The van der Waals surface area contributed by atoms with Crippen LogP contribution in [0.2, 0.25) is 0 Å². The van der Waals surface area contributed by atoms with Crippen LogP contribution in [-0.2, 0) is 11.2 Å². The second-order valence-electron chi connectivity index (χ2n) is 4.79. The highest BCUT2D eigenvalue weighted by Crippen LogP contribution is 2.18. The third-order valence-corrected chi connectivity index (χ3v) is 3.85. The molecular weight excluding hydrogens is 272 g/mol. The van der Waals surface area contributed by atoms with Crippen molar-refractivity contribution < 1.29 is 4.79 Å². The smallest absolute Gasteiger partial charge is 0.242 e. The summed E-state index contributed by atoms with van der Waals surface area (Å²) in [5.74, 6) is 0.706. The van der Waals surface area contributed by atoms with Crippen LogP contribution in [0.15, 0.2) is 22.5 Å². The number of hydrogen-bond acceptors (Lipinski definition) is 3. The molecule has 1 aliphatic rings. The SMILES string of the molecule is CCNC(=NCC(=O)NC1CC1)NCCc1cccs1. The molecule has 1 amide bonds. The molecule has 0 atom stereocenters. The summed E-state index contributed by atoms with van der Waals surface area (Å²) in [5.41, 5.74) is 0. The van der Waals surface area contributed by atoms with Crippen molar-refractivity contribution in [3.63, 3.8) is 0 Å². The maximum absolute atomic E-state index is 11.6. The van der Waals surface area contributed by atoms with Gasteiger partial charge >= 0.3 is 0 Å². The van der Waals surface area contributed by atoms with Crippen LogP contribution in [0.1, 0.15) is 24.6 Å². The van der Waals surface area contributed by atoms with Crippen LogP contribution in [0, 0.1) is 0 Å². The molecule has 110 valence electrons. The minimum absolute atomic E-state index is 0.00274. The monoisotopic (exact) mass is 294 g/mol. The molecule has 0 aromatic carbocycles. The largest absolute Gasteiger partial charge is 0.357 e. The average Bonchev–Trinajstić information content (AvgIpc) is 3.08. The summed E-state index contributed by atoms with van der Waals surface area (Å²) in [6.07, 6.45) is 3.18. The van der Waals surface area contributed by atoms with Gasteiger partial charge in [0, 0.05) is 24.0 Å². The molecule has 1 heterocycles. The fourth-order valence-electron chi connectivity index (χ4n) is 1.75. The average molecular weight is 294 g/mol. The van der Waals surface area contributed by atoms with E-state index in [1.165, 1.54) is 4.88 Å². The van der Waals surface area contributed by atoms with Crippen molar-refractivity contribution in [3.8, 4) is 0 Å². The van der Waals surface area contributed by atoms with Crippen LogP contribution in [0.5, 0.6) is 0 Å². The van der Waals surface area contributed by atoms with E-state index in [0.29, 0.717) is 12.0 Å². The minimum atomic E-state index is 0.00274. The summed E-state index contributed by atoms with van der Waals surface area (Å²) in [7, 11) is 0. The van der Waals surface area contributed by atoms with Gasteiger partial charge in [0.15, 0.2) is 5.96 Å². The predicted octanol–water partition coefficient (Wildman–Crippen LogP) is 1.12. The van der Waals surface area contributed by atoms with Gasteiger partial charge in [-0.2, -0.15) is 0 Å². The van der Waals surface area contributed by atoms with Crippen LogP contribution in [0.4, 0.5) is 0 Å². The summed E-state index contributed by atoms with van der Waals surface area (Å²) in [6, 6.07) is 4.58. The van der Waals surface area contributed by atoms with Crippen LogP contribution < -0.4 is 16.0 Å². The Bertz CT molecular complexity index is 440. The number of thiophene rings is 1. The molecule has 1 aliphatic carbocycles. The topological polar surface area (TPSA) is 65.5 Å². The van der Waals surface area contributed by atoms with Gasteiger partial charge in [-0.25, -0.2) is 4.99 Å². The van der Waals surface area contributed by atoms with Gasteiger partial charge < -0.3 is 16.0 Å². The quantitative estimate of drug-likeness (QED) is 0.521. The van der Waals surface area contributed by atoms with Crippen molar-refractivity contribution in [2.75, 3.05) is 19.6 Å². The lowest BCUT2D eigenvalue weighted by Gasteiger charge is -2.10. The molecule has 1 aromatic rings. The fourth-order valence-corrected chi connectivity index (χ4v) is 2.46. The number of hydrogen-bond donors (Lipinski definition) is 3. The summed E-state index contributed by atoms with van der Waals surface area (Å²) in [4.78, 5) is 17.2. The lowest BCUT2D eigenvalue weighted by molar-refractivity contribution is -0.119. The summed E-state index contributed by atoms with van der Waals surface area (Å²) in [5, 5.41) is 11.4. The van der Waals surface area contributed by atoms with Crippen molar-refractivity contribution in [2.45, 2.75) is 32.2 Å². The zero-order valence-electron chi connectivity index (χ0n) is 11.8. The molecule has 1 aromatic heterocycles. The Morgan fingerprint density at radius 3 is 2.95 bits per heavy atom. The first-order valence-corrected chi connectivity index (χ1v) is 8.00. The molecule has 1 saturated carbocycles. The van der Waals surface area contributed by atoms with Crippen LogP contribution in [0.25, 0.3) is 0 Å². The molecule has 0 aliphatic heterocycles. The first-order valence-electron chi connectivity index (χ1n) is 7.12. The van der Waals surface area contributed by atoms with Crippen LogP contribution in [-0.4, -0.2) is 37.5 Å². The van der Waals surface area contributed by atoms with E-state index in [1.807, 2.05) is 6.92 Å². The number of guanidine groups is 1. The van der Waals surface area contributed by atoms with Gasteiger partial charge in [0.05, 0.1) is 0 Å². The van der Waals surface area contributed by atoms with Gasteiger partial charge in [0.1, 0.15) is 6.54 Å². The molecule has 6 heteroatoms. The minimum Gasteiger partial charge on any atom is -0.357 e. The fraction of sp³-hybridized carbons (Fsp3) is 0.571. The molecule has 0 unspecified atom stereocenters. The summed E-state index contributed by atoms with van der Waals surface area (Å²) in [6.45, 7) is 3.80. The highest BCUT2D eigenvalue weighted by molar-refractivity contribution is 7.09. The Morgan fingerprint density at radius 2 is 2.30 bits per heavy atom. The van der Waals surface area contributed by atoms with Gasteiger partial charge in [0.2, 0.25) is 5.91 Å². The number of carbonyl (C=O) groups is 1. The number of amides is 1. The second-order valence-corrected chi connectivity index (χ2v) is 5.83. The standard InChI is InChI=1S/C14H22N4OS/c1-2-15-14(16-8-7-12-4-3-9-20-12)17-10-13(19)18-11-5-6-11/h3-4,9,11H,2,5-8,10H2,1H3,(H,18,19)(H2,15,16,17). The molecule has 1 fully saturated rings. The first kappa shape index (κ1) is 14.8. The predicted molar refractivity (Wildman–Crippen MR) is 83.2 cm³/mol. The molecule has 2 rings (SSSR count). The van der Waals surface area contributed by atoms with Gasteiger partial charge in [0.25, 0.3) is 0 Å². The first-order chi connectivity index (χ1) is 9.78. The summed E-state index contributed by atoms with van der Waals surface area (Å²) >= 11 is 1.76. The third-order valence-electron chi connectivity index (χ3n) is 2.91. The van der Waals surface area contributed by atoms with E-state index >= 15 is 0 Å². The maximum atomic E-state index is 11.6. The molecule has 0 saturated heterocycles. The van der Waals surface area contributed by atoms with Crippen molar-refractivity contribution in [1.82, 2.24) is 16.0 Å². The van der Waals surface area contributed by atoms with Crippen molar-refractivity contribution in [2.24, 2.45) is 4.99 Å². The Labute approximate surface area is 123 Å². The number of nitrogens with one attached hydrogen (secondary N) is 3. The van der Waals surface area contributed by atoms with Gasteiger partial charge in [-0.15, -0.1) is 11.3 Å². The van der Waals surface area contributed by atoms with Crippen LogP contribution in [0.3, 0.4) is 0 Å². The molecule has 0 bridgehead atoms. The number of carbonyl (C=O) groups excluding carboxylic acids is 1. The zero-order chi connectivity index (χ0) is 14.2. The van der Waals surface area contributed by atoms with E-state index in [2.05, 4.69) is 38.5 Å². The van der Waals surface area contributed by atoms with E-state index in [9.17, 15) is 4.79 Å². The molecule has 5 nitrogen and oxygen atoms in total. The van der Waals surface area contributed by atoms with Crippen LogP contribution >= 0.6 is 11.3 Å². The Kier molecular flexibility index (Phi) is 5.86. The number of rotatable bonds is 7. The second kappa shape index (κ2) is 7.89. The molecule has 3 N–H and O–H groups in total. The number of aliphatic imine (C=N–C) groups is 1. The molecule has 0 radical (unpaired) electrons. The van der Waals surface area contributed by atoms with Gasteiger partial charge in [-0.1, -0.05) is 6.07 Å². The number of nitrogens with zero attached hydrogens (tertiary/aromatic N) is 1.